The molecule has 0 radical (unpaired) electrons. The normalized spacial score (nSPS) is 11.7. The van der Waals surface area contributed by atoms with Crippen molar-refractivity contribution in [3.63, 3.8) is 0 Å². The zero-order chi connectivity index (χ0) is 17.5. The van der Waals surface area contributed by atoms with Crippen LogP contribution in [0.4, 0.5) is 0 Å². The molecule has 6 heteroatoms. The second-order valence-corrected chi connectivity index (χ2v) is 6.00. The van der Waals surface area contributed by atoms with E-state index in [0.717, 1.165) is 11.3 Å². The highest BCUT2D eigenvalue weighted by Crippen LogP contribution is 2.27. The van der Waals surface area contributed by atoms with E-state index in [1.165, 1.54) is 0 Å². The molecule has 0 spiro atoms. The van der Waals surface area contributed by atoms with Gasteiger partial charge in [-0.3, -0.25) is 4.79 Å². The van der Waals surface area contributed by atoms with E-state index in [0.29, 0.717) is 22.4 Å². The van der Waals surface area contributed by atoms with Gasteiger partial charge in [0.1, 0.15) is 11.5 Å². The van der Waals surface area contributed by atoms with Crippen LogP contribution in [0.2, 0.25) is 10.0 Å². The Bertz CT molecular complexity index is 689. The van der Waals surface area contributed by atoms with Crippen LogP contribution in [0.5, 0.6) is 11.5 Å². The van der Waals surface area contributed by atoms with Crippen LogP contribution in [0.1, 0.15) is 25.5 Å². The van der Waals surface area contributed by atoms with Crippen molar-refractivity contribution >= 4 is 29.1 Å². The number of halogens is 2. The molecule has 0 saturated heterocycles. The first-order valence-corrected chi connectivity index (χ1v) is 8.35. The van der Waals surface area contributed by atoms with Crippen molar-refractivity contribution in [2.75, 3.05) is 13.2 Å². The molecule has 0 heterocycles. The van der Waals surface area contributed by atoms with Crippen molar-refractivity contribution in [2.45, 2.75) is 19.9 Å². The fourth-order valence-electron chi connectivity index (χ4n) is 2.12. The van der Waals surface area contributed by atoms with E-state index >= 15 is 0 Å². The molecule has 24 heavy (non-hydrogen) atoms. The van der Waals surface area contributed by atoms with Crippen molar-refractivity contribution < 1.29 is 14.3 Å². The summed E-state index contributed by atoms with van der Waals surface area (Å²) in [7, 11) is 0. The molecule has 0 aromatic heterocycles. The molecular weight excluding hydrogens is 349 g/mol. The van der Waals surface area contributed by atoms with Gasteiger partial charge in [-0.05, 0) is 43.7 Å². The molecule has 1 unspecified atom stereocenters. The van der Waals surface area contributed by atoms with Crippen molar-refractivity contribution in [3.05, 3.63) is 58.1 Å². The van der Waals surface area contributed by atoms with Crippen molar-refractivity contribution in [1.29, 1.82) is 0 Å². The average Bonchev–Trinajstić information content (AvgIpc) is 2.56. The maximum atomic E-state index is 12.0. The van der Waals surface area contributed by atoms with Crippen LogP contribution < -0.4 is 14.8 Å². The predicted molar refractivity (Wildman–Crippen MR) is 96.1 cm³/mol. The molecular formula is C18H19Cl2NO3. The summed E-state index contributed by atoms with van der Waals surface area (Å²) < 4.78 is 10.8. The Morgan fingerprint density at radius 3 is 2.50 bits per heavy atom. The Labute approximate surface area is 151 Å². The van der Waals surface area contributed by atoms with Crippen LogP contribution >= 0.6 is 23.2 Å². The topological polar surface area (TPSA) is 47.6 Å². The minimum absolute atomic E-state index is 0.137. The van der Waals surface area contributed by atoms with E-state index in [1.807, 2.05) is 38.1 Å². The van der Waals surface area contributed by atoms with Crippen LogP contribution in [0.25, 0.3) is 0 Å². The fourth-order valence-corrected chi connectivity index (χ4v) is 2.45. The van der Waals surface area contributed by atoms with Gasteiger partial charge in [0, 0.05) is 11.1 Å². The molecule has 1 N–H and O–H groups in total. The summed E-state index contributed by atoms with van der Waals surface area (Å²) in [5.41, 5.74) is 0.979. The smallest absolute Gasteiger partial charge is 0.258 e. The van der Waals surface area contributed by atoms with Gasteiger partial charge in [0.15, 0.2) is 6.61 Å². The summed E-state index contributed by atoms with van der Waals surface area (Å²) in [6.45, 7) is 4.32. The van der Waals surface area contributed by atoms with E-state index in [1.54, 1.807) is 18.2 Å². The van der Waals surface area contributed by atoms with Crippen LogP contribution in [0.15, 0.2) is 42.5 Å². The Kier molecular flexibility index (Phi) is 6.76. The third-order valence-electron chi connectivity index (χ3n) is 3.32. The number of nitrogens with one attached hydrogen (secondary N) is 1. The third-order valence-corrected chi connectivity index (χ3v) is 3.87. The zero-order valence-corrected chi connectivity index (χ0v) is 15.0. The molecule has 0 fully saturated rings. The molecule has 0 aliphatic carbocycles. The van der Waals surface area contributed by atoms with Gasteiger partial charge in [0.25, 0.3) is 5.91 Å². The number of carbonyl (C=O) groups is 1. The van der Waals surface area contributed by atoms with Crippen molar-refractivity contribution in [2.24, 2.45) is 0 Å². The molecule has 128 valence electrons. The molecule has 2 rings (SSSR count). The fraction of sp³-hybridized carbons (Fsp3) is 0.278. The second-order valence-electron chi connectivity index (χ2n) is 5.15. The lowest BCUT2D eigenvalue weighted by Gasteiger charge is -2.15. The standard InChI is InChI=1S/C18H19Cl2NO3/c1-3-23-15-7-4-13(5-8-15)12(2)21-18(22)11-24-17-10-14(19)6-9-16(17)20/h4-10,12H,3,11H2,1-2H3,(H,21,22). The van der Waals surface area contributed by atoms with Crippen LogP contribution in [-0.4, -0.2) is 19.1 Å². The minimum atomic E-state index is -0.243. The molecule has 2 aromatic carbocycles. The van der Waals surface area contributed by atoms with Gasteiger partial charge in [-0.2, -0.15) is 0 Å². The van der Waals surface area contributed by atoms with Gasteiger partial charge in [-0.1, -0.05) is 35.3 Å². The molecule has 0 aliphatic rings. The lowest BCUT2D eigenvalue weighted by atomic mass is 10.1. The molecule has 1 atom stereocenters. The van der Waals surface area contributed by atoms with E-state index < -0.39 is 0 Å². The Morgan fingerprint density at radius 1 is 1.12 bits per heavy atom. The van der Waals surface area contributed by atoms with E-state index in [-0.39, 0.29) is 18.6 Å². The largest absolute Gasteiger partial charge is 0.494 e. The third kappa shape index (κ3) is 5.32. The highest BCUT2D eigenvalue weighted by Gasteiger charge is 2.11. The first-order chi connectivity index (χ1) is 11.5. The minimum Gasteiger partial charge on any atom is -0.494 e. The first-order valence-electron chi connectivity index (χ1n) is 7.59. The lowest BCUT2D eigenvalue weighted by Crippen LogP contribution is -2.31. The van der Waals surface area contributed by atoms with Crippen LogP contribution in [0.3, 0.4) is 0 Å². The molecule has 4 nitrogen and oxygen atoms in total. The summed E-state index contributed by atoms with van der Waals surface area (Å²) >= 11 is 11.9. The Hall–Kier alpha value is -1.91. The first kappa shape index (κ1) is 18.4. The number of rotatable bonds is 7. The monoisotopic (exact) mass is 367 g/mol. The lowest BCUT2D eigenvalue weighted by molar-refractivity contribution is -0.123. The molecule has 1 amide bonds. The summed E-state index contributed by atoms with van der Waals surface area (Å²) in [6.07, 6.45) is 0. The SMILES string of the molecule is CCOc1ccc(C(C)NC(=O)COc2cc(Cl)ccc2Cl)cc1. The van der Waals surface area contributed by atoms with Gasteiger partial charge < -0.3 is 14.8 Å². The highest BCUT2D eigenvalue weighted by molar-refractivity contribution is 6.34. The maximum absolute atomic E-state index is 12.0. The Balaban J connectivity index is 1.88. The van der Waals surface area contributed by atoms with E-state index in [4.69, 9.17) is 32.7 Å². The van der Waals surface area contributed by atoms with Crippen LogP contribution in [-0.2, 0) is 4.79 Å². The quantitative estimate of drug-likeness (QED) is 0.774. The van der Waals surface area contributed by atoms with Gasteiger partial charge in [-0.15, -0.1) is 0 Å². The average molecular weight is 368 g/mol. The van der Waals surface area contributed by atoms with Gasteiger partial charge in [0.05, 0.1) is 17.7 Å². The molecule has 2 aromatic rings. The number of carbonyl (C=O) groups excluding carboxylic acids is 1. The zero-order valence-electron chi connectivity index (χ0n) is 13.5. The molecule has 0 aliphatic heterocycles. The molecule has 0 saturated carbocycles. The second kappa shape index (κ2) is 8.81. The number of hydrogen-bond donors (Lipinski definition) is 1. The van der Waals surface area contributed by atoms with Gasteiger partial charge in [0.2, 0.25) is 0 Å². The van der Waals surface area contributed by atoms with E-state index in [2.05, 4.69) is 5.32 Å². The number of hydrogen-bond acceptors (Lipinski definition) is 3. The highest BCUT2D eigenvalue weighted by atomic mass is 35.5. The summed E-state index contributed by atoms with van der Waals surface area (Å²) in [5.74, 6) is 0.944. The summed E-state index contributed by atoms with van der Waals surface area (Å²) in [4.78, 5) is 12.0. The summed E-state index contributed by atoms with van der Waals surface area (Å²) in [6, 6.07) is 12.3. The number of ether oxygens (including phenoxy) is 2. The van der Waals surface area contributed by atoms with Gasteiger partial charge in [-0.25, -0.2) is 0 Å². The van der Waals surface area contributed by atoms with E-state index in [9.17, 15) is 4.79 Å². The number of amides is 1. The van der Waals surface area contributed by atoms with Crippen molar-refractivity contribution in [3.8, 4) is 11.5 Å². The summed E-state index contributed by atoms with van der Waals surface area (Å²) in [5, 5.41) is 3.78. The predicted octanol–water partition coefficient (Wildman–Crippen LogP) is 4.65. The maximum Gasteiger partial charge on any atom is 0.258 e. The molecule has 0 bridgehead atoms. The number of benzene rings is 2. The van der Waals surface area contributed by atoms with Gasteiger partial charge >= 0.3 is 0 Å². The van der Waals surface area contributed by atoms with Crippen LogP contribution in [0, 0.1) is 0 Å². The Morgan fingerprint density at radius 2 is 1.83 bits per heavy atom. The van der Waals surface area contributed by atoms with Crippen molar-refractivity contribution in [1.82, 2.24) is 5.32 Å².